The van der Waals surface area contributed by atoms with E-state index in [-0.39, 0.29) is 10.7 Å². The average Bonchev–Trinajstić information content (AvgIpc) is 2.69. The lowest BCUT2D eigenvalue weighted by molar-refractivity contribution is -0.123. The molecule has 1 saturated heterocycles. The van der Waals surface area contributed by atoms with Gasteiger partial charge in [-0.25, -0.2) is 0 Å². The molecule has 1 aliphatic rings. The van der Waals surface area contributed by atoms with Crippen LogP contribution in [0, 0.1) is 0 Å². The van der Waals surface area contributed by atoms with Gasteiger partial charge in [-0.3, -0.25) is 20.2 Å². The second-order valence-corrected chi connectivity index (χ2v) is 7.26. The van der Waals surface area contributed by atoms with Crippen molar-refractivity contribution in [2.75, 3.05) is 7.11 Å². The molecule has 2 aromatic rings. The molecular formula is C22H19ClN2O4S. The number of hydrogen-bond donors (Lipinski definition) is 2. The number of carbonyl (C=O) groups excluding carboxylic acids is 2. The predicted octanol–water partition coefficient (Wildman–Crippen LogP) is 3.57. The van der Waals surface area contributed by atoms with Crippen LogP contribution in [0.4, 0.5) is 0 Å². The van der Waals surface area contributed by atoms with Crippen molar-refractivity contribution >= 4 is 46.8 Å². The molecule has 2 N–H and O–H groups in total. The van der Waals surface area contributed by atoms with Crippen LogP contribution in [-0.4, -0.2) is 24.0 Å². The number of amides is 2. The fourth-order valence-corrected chi connectivity index (χ4v) is 3.34. The van der Waals surface area contributed by atoms with Crippen molar-refractivity contribution in [2.24, 2.45) is 0 Å². The van der Waals surface area contributed by atoms with Gasteiger partial charge in [-0.1, -0.05) is 29.8 Å². The van der Waals surface area contributed by atoms with Crippen LogP contribution < -0.4 is 20.1 Å². The quantitative estimate of drug-likeness (QED) is 0.297. The van der Waals surface area contributed by atoms with Gasteiger partial charge in [0.2, 0.25) is 0 Å². The third-order valence-corrected chi connectivity index (χ3v) is 4.70. The molecule has 1 heterocycles. The smallest absolute Gasteiger partial charge is 0.263 e. The summed E-state index contributed by atoms with van der Waals surface area (Å²) in [6, 6.07) is 10.9. The molecule has 0 aliphatic carbocycles. The molecule has 1 fully saturated rings. The number of ether oxygens (including phenoxy) is 2. The van der Waals surface area contributed by atoms with E-state index >= 15 is 0 Å². The van der Waals surface area contributed by atoms with Crippen molar-refractivity contribution in [1.29, 1.82) is 0 Å². The maximum absolute atomic E-state index is 12.1. The van der Waals surface area contributed by atoms with E-state index in [0.717, 1.165) is 11.1 Å². The van der Waals surface area contributed by atoms with Crippen molar-refractivity contribution < 1.29 is 19.1 Å². The Morgan fingerprint density at radius 1 is 1.17 bits per heavy atom. The molecule has 1 aliphatic heterocycles. The van der Waals surface area contributed by atoms with Gasteiger partial charge in [0, 0.05) is 10.6 Å². The Kier molecular flexibility index (Phi) is 6.87. The minimum atomic E-state index is -0.561. The topological polar surface area (TPSA) is 76.7 Å². The van der Waals surface area contributed by atoms with Crippen LogP contribution in [0.2, 0.25) is 5.02 Å². The highest BCUT2D eigenvalue weighted by atomic mass is 35.5. The van der Waals surface area contributed by atoms with Crippen molar-refractivity contribution in [1.82, 2.24) is 10.6 Å². The van der Waals surface area contributed by atoms with Crippen LogP contribution in [-0.2, 0) is 22.6 Å². The molecule has 3 rings (SSSR count). The highest BCUT2D eigenvalue weighted by Crippen LogP contribution is 2.35. The van der Waals surface area contributed by atoms with Crippen LogP contribution in [0.3, 0.4) is 0 Å². The van der Waals surface area contributed by atoms with Gasteiger partial charge in [0.15, 0.2) is 16.6 Å². The highest BCUT2D eigenvalue weighted by molar-refractivity contribution is 7.80. The number of hydrogen-bond acceptors (Lipinski definition) is 5. The van der Waals surface area contributed by atoms with Crippen LogP contribution in [0.15, 0.2) is 54.6 Å². The summed E-state index contributed by atoms with van der Waals surface area (Å²) in [6.45, 7) is 4.08. The van der Waals surface area contributed by atoms with Crippen LogP contribution in [0.25, 0.3) is 6.08 Å². The lowest BCUT2D eigenvalue weighted by Crippen LogP contribution is -2.51. The van der Waals surface area contributed by atoms with Gasteiger partial charge in [0.1, 0.15) is 12.2 Å². The molecular weight excluding hydrogens is 424 g/mol. The Balaban J connectivity index is 1.95. The van der Waals surface area contributed by atoms with E-state index in [0.29, 0.717) is 35.1 Å². The molecule has 30 heavy (non-hydrogen) atoms. The summed E-state index contributed by atoms with van der Waals surface area (Å²) in [6.07, 6.45) is 3.71. The summed E-state index contributed by atoms with van der Waals surface area (Å²) in [5.41, 5.74) is 2.26. The number of rotatable bonds is 7. The molecule has 0 spiro atoms. The van der Waals surface area contributed by atoms with Gasteiger partial charge >= 0.3 is 0 Å². The molecule has 0 unspecified atom stereocenters. The van der Waals surface area contributed by atoms with Gasteiger partial charge in [-0.2, -0.15) is 0 Å². The second kappa shape index (κ2) is 9.56. The number of thiocarbonyl (C=S) groups is 1. The minimum Gasteiger partial charge on any atom is -0.493 e. The van der Waals surface area contributed by atoms with Gasteiger partial charge in [-0.05, 0) is 60.1 Å². The number of halogens is 1. The fraction of sp³-hybridized carbons (Fsp3) is 0.136. The zero-order chi connectivity index (χ0) is 21.7. The van der Waals surface area contributed by atoms with Crippen LogP contribution in [0.5, 0.6) is 11.5 Å². The molecule has 8 heteroatoms. The first-order valence-electron chi connectivity index (χ1n) is 8.98. The van der Waals surface area contributed by atoms with E-state index in [1.807, 2.05) is 24.3 Å². The van der Waals surface area contributed by atoms with Gasteiger partial charge in [0.25, 0.3) is 11.8 Å². The summed E-state index contributed by atoms with van der Waals surface area (Å²) in [5, 5.41) is 5.43. The second-order valence-electron chi connectivity index (χ2n) is 6.42. The van der Waals surface area contributed by atoms with Crippen molar-refractivity contribution in [2.45, 2.75) is 13.0 Å². The molecule has 0 radical (unpaired) electrons. The third-order valence-electron chi connectivity index (χ3n) is 4.26. The third kappa shape index (κ3) is 5.06. The molecule has 2 amide bonds. The standard InChI is InChI=1S/C22H19ClN2O4S/c1-3-5-15-8-14(10-17-20(26)24-22(30)25-21(17)27)11-18(28-2)19(15)29-12-13-6-4-7-16(23)9-13/h3-4,6-11H,1,5,12H2,2H3,(H2,24,25,26,27,30). The number of carbonyl (C=O) groups is 2. The molecule has 6 nitrogen and oxygen atoms in total. The first-order valence-corrected chi connectivity index (χ1v) is 9.77. The molecule has 0 bridgehead atoms. The zero-order valence-corrected chi connectivity index (χ0v) is 17.7. The lowest BCUT2D eigenvalue weighted by atomic mass is 10.0. The SMILES string of the molecule is C=CCc1cc(C=C2C(=O)NC(=S)NC2=O)cc(OC)c1OCc1cccc(Cl)c1. The normalized spacial score (nSPS) is 13.4. The average molecular weight is 443 g/mol. The monoisotopic (exact) mass is 442 g/mol. The molecule has 2 aromatic carbocycles. The Bertz CT molecular complexity index is 1040. The Morgan fingerprint density at radius 3 is 2.53 bits per heavy atom. The van der Waals surface area contributed by atoms with Crippen LogP contribution in [0.1, 0.15) is 16.7 Å². The van der Waals surface area contributed by atoms with E-state index in [1.165, 1.54) is 13.2 Å². The van der Waals surface area contributed by atoms with E-state index in [9.17, 15) is 9.59 Å². The molecule has 0 atom stereocenters. The molecule has 0 saturated carbocycles. The van der Waals surface area contributed by atoms with Crippen molar-refractivity contribution in [3.8, 4) is 11.5 Å². The Labute approximate surface area is 184 Å². The fourth-order valence-electron chi connectivity index (χ4n) is 2.94. The minimum absolute atomic E-state index is 0.0168. The van der Waals surface area contributed by atoms with Crippen molar-refractivity contribution in [3.63, 3.8) is 0 Å². The van der Waals surface area contributed by atoms with E-state index < -0.39 is 11.8 Å². The van der Waals surface area contributed by atoms with E-state index in [2.05, 4.69) is 17.2 Å². The first kappa shape index (κ1) is 21.5. The molecule has 0 aromatic heterocycles. The van der Waals surface area contributed by atoms with Gasteiger partial charge in [0.05, 0.1) is 7.11 Å². The highest BCUT2D eigenvalue weighted by Gasteiger charge is 2.26. The summed E-state index contributed by atoms with van der Waals surface area (Å²) in [5.74, 6) is -0.0998. The first-order chi connectivity index (χ1) is 14.4. The van der Waals surface area contributed by atoms with Gasteiger partial charge < -0.3 is 9.47 Å². The number of benzene rings is 2. The van der Waals surface area contributed by atoms with Crippen LogP contribution >= 0.6 is 23.8 Å². The maximum Gasteiger partial charge on any atom is 0.263 e. The summed E-state index contributed by atoms with van der Waals surface area (Å²) >= 11 is 10.9. The number of allylic oxidation sites excluding steroid dienone is 1. The summed E-state index contributed by atoms with van der Waals surface area (Å²) in [7, 11) is 1.52. The van der Waals surface area contributed by atoms with E-state index in [4.69, 9.17) is 33.3 Å². The predicted molar refractivity (Wildman–Crippen MR) is 120 cm³/mol. The lowest BCUT2D eigenvalue weighted by Gasteiger charge is -2.18. The summed E-state index contributed by atoms with van der Waals surface area (Å²) < 4.78 is 11.5. The van der Waals surface area contributed by atoms with Gasteiger partial charge in [-0.15, -0.1) is 6.58 Å². The maximum atomic E-state index is 12.1. The Morgan fingerprint density at radius 2 is 1.90 bits per heavy atom. The summed E-state index contributed by atoms with van der Waals surface area (Å²) in [4.78, 5) is 24.3. The number of methoxy groups -OCH3 is 1. The van der Waals surface area contributed by atoms with E-state index in [1.54, 1.807) is 18.2 Å². The number of nitrogens with one attached hydrogen (secondary N) is 2. The zero-order valence-electron chi connectivity index (χ0n) is 16.2. The van der Waals surface area contributed by atoms with Crippen molar-refractivity contribution in [3.05, 3.63) is 76.3 Å². The largest absolute Gasteiger partial charge is 0.493 e. The Hall–Kier alpha value is -3.16. The molecule has 154 valence electrons.